The van der Waals surface area contributed by atoms with E-state index in [2.05, 4.69) is 20.2 Å². The van der Waals surface area contributed by atoms with Gasteiger partial charge >= 0.3 is 6.18 Å². The summed E-state index contributed by atoms with van der Waals surface area (Å²) in [6.07, 6.45) is -2.11. The van der Waals surface area contributed by atoms with Crippen LogP contribution >= 0.6 is 0 Å². The van der Waals surface area contributed by atoms with E-state index in [1.165, 1.54) is 12.1 Å². The Morgan fingerprint density at radius 1 is 1.14 bits per heavy atom. The predicted octanol–water partition coefficient (Wildman–Crippen LogP) is 4.20. The number of aromatic amines is 1. The van der Waals surface area contributed by atoms with Crippen LogP contribution in [0.4, 0.5) is 24.8 Å². The largest absolute Gasteiger partial charge is 0.484 e. The molecule has 2 heterocycles. The minimum absolute atomic E-state index is 0.186. The van der Waals surface area contributed by atoms with Gasteiger partial charge in [0.05, 0.1) is 16.6 Å². The van der Waals surface area contributed by atoms with Crippen LogP contribution in [-0.2, 0) is 11.0 Å². The van der Waals surface area contributed by atoms with E-state index in [9.17, 15) is 18.0 Å². The molecule has 0 saturated carbocycles. The van der Waals surface area contributed by atoms with Crippen molar-refractivity contribution in [3.63, 3.8) is 0 Å². The van der Waals surface area contributed by atoms with Crippen LogP contribution in [0.1, 0.15) is 18.4 Å². The van der Waals surface area contributed by atoms with Crippen LogP contribution < -0.4 is 15.0 Å². The Morgan fingerprint density at radius 2 is 1.86 bits per heavy atom. The van der Waals surface area contributed by atoms with Gasteiger partial charge < -0.3 is 19.9 Å². The zero-order chi connectivity index (χ0) is 20.4. The summed E-state index contributed by atoms with van der Waals surface area (Å²) in [5.74, 6) is 0.595. The normalized spacial score (nSPS) is 14.4. The lowest BCUT2D eigenvalue weighted by Crippen LogP contribution is -2.20. The van der Waals surface area contributed by atoms with Gasteiger partial charge in [0.2, 0.25) is 5.95 Å². The molecule has 1 aliphatic heterocycles. The number of carbonyl (C=O) groups excluding carboxylic acids is 1. The number of hydrogen-bond donors (Lipinski definition) is 2. The van der Waals surface area contributed by atoms with Gasteiger partial charge in [-0.25, -0.2) is 4.98 Å². The van der Waals surface area contributed by atoms with Gasteiger partial charge in [-0.05, 0) is 55.3 Å². The number of carbonyl (C=O) groups is 1. The molecule has 1 saturated heterocycles. The van der Waals surface area contributed by atoms with Crippen molar-refractivity contribution in [2.24, 2.45) is 0 Å². The second kappa shape index (κ2) is 7.65. The van der Waals surface area contributed by atoms with Crippen molar-refractivity contribution in [1.82, 2.24) is 9.97 Å². The number of rotatable bonds is 5. The molecular weight excluding hydrogens is 385 g/mol. The van der Waals surface area contributed by atoms with E-state index in [0.717, 1.165) is 55.0 Å². The van der Waals surface area contributed by atoms with E-state index in [4.69, 9.17) is 4.74 Å². The third kappa shape index (κ3) is 4.44. The molecule has 9 heteroatoms. The van der Waals surface area contributed by atoms with E-state index >= 15 is 0 Å². The zero-order valence-corrected chi connectivity index (χ0v) is 15.4. The Kier molecular flexibility index (Phi) is 5.04. The lowest BCUT2D eigenvalue weighted by atomic mass is 10.2. The summed E-state index contributed by atoms with van der Waals surface area (Å²) >= 11 is 0. The van der Waals surface area contributed by atoms with Gasteiger partial charge in [0, 0.05) is 18.8 Å². The smallest absolute Gasteiger partial charge is 0.416 e. The van der Waals surface area contributed by atoms with Crippen molar-refractivity contribution in [3.8, 4) is 5.75 Å². The number of nitrogens with zero attached hydrogens (tertiary/aromatic N) is 2. The first-order chi connectivity index (χ1) is 13.9. The number of benzene rings is 2. The summed E-state index contributed by atoms with van der Waals surface area (Å²) in [5.41, 5.74) is 1.42. The Labute approximate surface area is 164 Å². The second-order valence-electron chi connectivity index (χ2n) is 6.85. The summed E-state index contributed by atoms with van der Waals surface area (Å²) < 4.78 is 42.9. The standard InChI is InChI=1S/C20H19F3N4O2/c21-20(22,23)13-3-6-15(7-4-13)29-12-18(28)24-14-5-8-16-17(11-14)26-19(25-16)27-9-1-2-10-27/h3-8,11H,1-2,9-10,12H2,(H,24,28)(H,25,26). The fourth-order valence-electron chi connectivity index (χ4n) is 3.23. The molecule has 1 fully saturated rings. The molecule has 6 nitrogen and oxygen atoms in total. The predicted molar refractivity (Wildman–Crippen MR) is 103 cm³/mol. The maximum Gasteiger partial charge on any atom is 0.416 e. The van der Waals surface area contributed by atoms with Gasteiger partial charge in [0.1, 0.15) is 5.75 Å². The van der Waals surface area contributed by atoms with Crippen LogP contribution in [0.25, 0.3) is 11.0 Å². The first-order valence-corrected chi connectivity index (χ1v) is 9.23. The molecule has 1 aliphatic rings. The molecule has 0 bridgehead atoms. The zero-order valence-electron chi connectivity index (χ0n) is 15.4. The Hall–Kier alpha value is -3.23. The first kappa shape index (κ1) is 19.1. The van der Waals surface area contributed by atoms with Crippen LogP contribution in [0.3, 0.4) is 0 Å². The molecule has 0 atom stereocenters. The summed E-state index contributed by atoms with van der Waals surface area (Å²) in [6.45, 7) is 1.64. The van der Waals surface area contributed by atoms with E-state index in [0.29, 0.717) is 5.69 Å². The van der Waals surface area contributed by atoms with Crippen molar-refractivity contribution < 1.29 is 22.7 Å². The summed E-state index contributed by atoms with van der Waals surface area (Å²) in [7, 11) is 0. The number of amides is 1. The quantitative estimate of drug-likeness (QED) is 0.669. The maximum atomic E-state index is 12.6. The van der Waals surface area contributed by atoms with Crippen LogP contribution in [0, 0.1) is 0 Å². The lowest BCUT2D eigenvalue weighted by molar-refractivity contribution is -0.137. The fourth-order valence-corrected chi connectivity index (χ4v) is 3.23. The summed E-state index contributed by atoms with van der Waals surface area (Å²) in [5, 5.41) is 2.71. The van der Waals surface area contributed by atoms with Crippen LogP contribution in [-0.4, -0.2) is 35.6 Å². The number of alkyl halides is 3. The molecular formula is C20H19F3N4O2. The van der Waals surface area contributed by atoms with Crippen molar-refractivity contribution in [3.05, 3.63) is 48.0 Å². The topological polar surface area (TPSA) is 70.2 Å². The number of anilines is 2. The monoisotopic (exact) mass is 404 g/mol. The van der Waals surface area contributed by atoms with Crippen LogP contribution in [0.2, 0.25) is 0 Å². The van der Waals surface area contributed by atoms with E-state index < -0.39 is 17.6 Å². The number of halogens is 3. The number of aromatic nitrogens is 2. The lowest BCUT2D eigenvalue weighted by Gasteiger charge is -2.12. The Bertz CT molecular complexity index is 1010. The van der Waals surface area contributed by atoms with Crippen molar-refractivity contribution in [2.75, 3.05) is 29.9 Å². The van der Waals surface area contributed by atoms with E-state index in [-0.39, 0.29) is 12.4 Å². The SMILES string of the molecule is O=C(COc1ccc(C(F)(F)F)cc1)Nc1ccc2[nH]c(N3CCCC3)nc2c1. The van der Waals surface area contributed by atoms with Crippen LogP contribution in [0.15, 0.2) is 42.5 Å². The number of ether oxygens (including phenoxy) is 1. The highest BCUT2D eigenvalue weighted by atomic mass is 19.4. The maximum absolute atomic E-state index is 12.6. The van der Waals surface area contributed by atoms with Crippen molar-refractivity contribution >= 4 is 28.6 Å². The number of imidazole rings is 1. The van der Waals surface area contributed by atoms with Gasteiger partial charge in [-0.3, -0.25) is 4.79 Å². The molecule has 2 N–H and O–H groups in total. The third-order valence-electron chi connectivity index (χ3n) is 4.71. The highest BCUT2D eigenvalue weighted by molar-refractivity contribution is 5.94. The molecule has 152 valence electrons. The highest BCUT2D eigenvalue weighted by Gasteiger charge is 2.30. The number of hydrogen-bond acceptors (Lipinski definition) is 4. The molecule has 0 aliphatic carbocycles. The molecule has 0 spiro atoms. The third-order valence-corrected chi connectivity index (χ3v) is 4.71. The van der Waals surface area contributed by atoms with Gasteiger partial charge in [-0.1, -0.05) is 0 Å². The molecule has 0 unspecified atom stereocenters. The Balaban J connectivity index is 1.36. The number of H-pyrrole nitrogens is 1. The molecule has 0 radical (unpaired) electrons. The minimum atomic E-state index is -4.41. The van der Waals surface area contributed by atoms with Crippen molar-refractivity contribution in [2.45, 2.75) is 19.0 Å². The number of nitrogens with one attached hydrogen (secondary N) is 2. The molecule has 3 aromatic rings. The van der Waals surface area contributed by atoms with Gasteiger partial charge in [-0.15, -0.1) is 0 Å². The molecule has 4 rings (SSSR count). The average Bonchev–Trinajstić information content (AvgIpc) is 3.35. The Morgan fingerprint density at radius 3 is 2.55 bits per heavy atom. The minimum Gasteiger partial charge on any atom is -0.484 e. The molecule has 2 aromatic carbocycles. The van der Waals surface area contributed by atoms with Gasteiger partial charge in [0.25, 0.3) is 5.91 Å². The van der Waals surface area contributed by atoms with Gasteiger partial charge in [-0.2, -0.15) is 13.2 Å². The van der Waals surface area contributed by atoms with Crippen LogP contribution in [0.5, 0.6) is 5.75 Å². The van der Waals surface area contributed by atoms with Crippen molar-refractivity contribution in [1.29, 1.82) is 0 Å². The highest BCUT2D eigenvalue weighted by Crippen LogP contribution is 2.30. The fraction of sp³-hybridized carbons (Fsp3) is 0.300. The van der Waals surface area contributed by atoms with E-state index in [1.54, 1.807) is 12.1 Å². The molecule has 29 heavy (non-hydrogen) atoms. The molecule has 1 amide bonds. The van der Waals surface area contributed by atoms with Gasteiger partial charge in [0.15, 0.2) is 6.61 Å². The second-order valence-corrected chi connectivity index (χ2v) is 6.85. The van der Waals surface area contributed by atoms with E-state index in [1.807, 2.05) is 6.07 Å². The summed E-state index contributed by atoms with van der Waals surface area (Å²) in [4.78, 5) is 22.2. The number of fused-ring (bicyclic) bond motifs is 1. The summed E-state index contributed by atoms with van der Waals surface area (Å²) in [6, 6.07) is 9.56. The first-order valence-electron chi connectivity index (χ1n) is 9.23. The average molecular weight is 404 g/mol. The molecule has 1 aromatic heterocycles.